The number of likely N-dealkylation sites (tertiary alicyclic amines) is 1. The van der Waals surface area contributed by atoms with Gasteiger partial charge in [-0.05, 0) is 67.8 Å². The Labute approximate surface area is 204 Å². The lowest BCUT2D eigenvalue weighted by molar-refractivity contribution is -0.212. The van der Waals surface area contributed by atoms with E-state index in [2.05, 4.69) is 4.90 Å². The van der Waals surface area contributed by atoms with E-state index in [4.69, 9.17) is 9.47 Å². The fourth-order valence-electron chi connectivity index (χ4n) is 7.38. The summed E-state index contributed by atoms with van der Waals surface area (Å²) in [5.74, 6) is 0.818. The molecule has 2 heterocycles. The standard InChI is InChI=1S/C29H29NO5/c31-21-10-9-20-16-23-29(35-24(33)11-8-18-4-2-1-3-5-18)13-12-22(32)27-28(29,25(20)26(21)34-27)14-15-30(23)17-19-6-7-19/h1-5,8-11,19,23,27,31H,6-7,12-17H2/b11-8+/t23-,27+,28+,29-/m1/s1. The maximum absolute atomic E-state index is 13.4. The molecular formula is C29H29NO5. The predicted molar refractivity (Wildman–Crippen MR) is 129 cm³/mol. The summed E-state index contributed by atoms with van der Waals surface area (Å²) in [7, 11) is 0. The highest BCUT2D eigenvalue weighted by molar-refractivity contribution is 5.92. The Morgan fingerprint density at radius 1 is 1.17 bits per heavy atom. The quantitative estimate of drug-likeness (QED) is 0.528. The molecule has 2 aromatic rings. The molecule has 2 aromatic carbocycles. The van der Waals surface area contributed by atoms with Gasteiger partial charge in [-0.15, -0.1) is 0 Å². The van der Waals surface area contributed by atoms with Gasteiger partial charge in [-0.25, -0.2) is 4.79 Å². The van der Waals surface area contributed by atoms with Crippen LogP contribution in [0.3, 0.4) is 0 Å². The number of phenols is 1. The van der Waals surface area contributed by atoms with E-state index < -0.39 is 23.1 Å². The van der Waals surface area contributed by atoms with Crippen molar-refractivity contribution in [2.75, 3.05) is 13.1 Å². The first-order valence-electron chi connectivity index (χ1n) is 12.8. The van der Waals surface area contributed by atoms with Crippen LogP contribution in [0.5, 0.6) is 11.5 Å². The minimum atomic E-state index is -0.872. The highest BCUT2D eigenvalue weighted by atomic mass is 16.6. The van der Waals surface area contributed by atoms with Gasteiger partial charge in [-0.2, -0.15) is 0 Å². The van der Waals surface area contributed by atoms with Gasteiger partial charge in [-0.3, -0.25) is 9.69 Å². The third kappa shape index (κ3) is 2.92. The molecule has 6 nitrogen and oxygen atoms in total. The molecule has 2 aliphatic heterocycles. The third-order valence-corrected chi connectivity index (χ3v) is 9.01. The lowest BCUT2D eigenvalue weighted by atomic mass is 9.48. The maximum Gasteiger partial charge on any atom is 0.331 e. The topological polar surface area (TPSA) is 76.1 Å². The summed E-state index contributed by atoms with van der Waals surface area (Å²) in [6, 6.07) is 13.3. The van der Waals surface area contributed by atoms with E-state index in [1.807, 2.05) is 36.4 Å². The fraction of sp³-hybridized carbons (Fsp3) is 0.448. The zero-order valence-electron chi connectivity index (χ0n) is 19.6. The number of piperidine rings is 1. The van der Waals surface area contributed by atoms with Crippen LogP contribution in [0.2, 0.25) is 0 Å². The van der Waals surface area contributed by atoms with E-state index in [9.17, 15) is 14.7 Å². The monoisotopic (exact) mass is 471 g/mol. The van der Waals surface area contributed by atoms with Crippen molar-refractivity contribution in [3.05, 3.63) is 65.2 Å². The van der Waals surface area contributed by atoms with Gasteiger partial charge >= 0.3 is 5.97 Å². The van der Waals surface area contributed by atoms with E-state index in [1.54, 1.807) is 12.1 Å². The van der Waals surface area contributed by atoms with Crippen molar-refractivity contribution in [3.63, 3.8) is 0 Å². The van der Waals surface area contributed by atoms with Gasteiger partial charge in [0.1, 0.15) is 5.60 Å². The number of phenolic OH excluding ortho intramolecular Hbond substituents is 1. The molecule has 1 spiro atoms. The number of aromatic hydroxyl groups is 1. The Bertz CT molecular complexity index is 1250. The first kappa shape index (κ1) is 21.2. The zero-order valence-corrected chi connectivity index (χ0v) is 19.6. The third-order valence-electron chi connectivity index (χ3n) is 9.01. The Hall–Kier alpha value is -3.12. The summed E-state index contributed by atoms with van der Waals surface area (Å²) < 4.78 is 12.8. The van der Waals surface area contributed by atoms with Crippen molar-refractivity contribution in [1.29, 1.82) is 0 Å². The van der Waals surface area contributed by atoms with Crippen LogP contribution in [0.1, 0.15) is 48.8 Å². The van der Waals surface area contributed by atoms with E-state index in [0.717, 1.165) is 36.2 Å². The van der Waals surface area contributed by atoms with Crippen LogP contribution in [-0.2, 0) is 26.2 Å². The molecule has 2 saturated carbocycles. The molecule has 5 aliphatic rings. The number of rotatable bonds is 5. The molecule has 4 atom stereocenters. The summed E-state index contributed by atoms with van der Waals surface area (Å²) in [4.78, 5) is 29.2. The molecular weight excluding hydrogens is 442 g/mol. The van der Waals surface area contributed by atoms with Gasteiger partial charge in [0.25, 0.3) is 0 Å². The average molecular weight is 472 g/mol. The van der Waals surface area contributed by atoms with E-state index in [1.165, 1.54) is 18.9 Å². The molecule has 6 heteroatoms. The van der Waals surface area contributed by atoms with Crippen molar-refractivity contribution in [2.45, 2.75) is 61.7 Å². The Morgan fingerprint density at radius 3 is 2.80 bits per heavy atom. The summed E-state index contributed by atoms with van der Waals surface area (Å²) in [6.07, 6.45) is 7.23. The van der Waals surface area contributed by atoms with Gasteiger partial charge in [0.15, 0.2) is 23.4 Å². The van der Waals surface area contributed by atoms with Crippen molar-refractivity contribution < 1.29 is 24.2 Å². The molecule has 2 bridgehead atoms. The van der Waals surface area contributed by atoms with Crippen LogP contribution >= 0.6 is 0 Å². The second-order valence-corrected chi connectivity index (χ2v) is 10.8. The first-order valence-corrected chi connectivity index (χ1v) is 12.8. The molecule has 0 amide bonds. The van der Waals surface area contributed by atoms with Gasteiger partial charge in [0, 0.05) is 24.6 Å². The Balaban J connectivity index is 1.35. The van der Waals surface area contributed by atoms with Gasteiger partial charge < -0.3 is 14.6 Å². The number of esters is 1. The highest BCUT2D eigenvalue weighted by Crippen LogP contribution is 2.66. The number of carbonyl (C=O) groups is 2. The summed E-state index contributed by atoms with van der Waals surface area (Å²) in [5.41, 5.74) is 1.30. The van der Waals surface area contributed by atoms with Gasteiger partial charge in [0.2, 0.25) is 0 Å². The smallest absolute Gasteiger partial charge is 0.331 e. The first-order chi connectivity index (χ1) is 17.0. The normalized spacial score (nSPS) is 32.9. The number of carbonyl (C=O) groups excluding carboxylic acids is 2. The van der Waals surface area contributed by atoms with Crippen LogP contribution in [-0.4, -0.2) is 52.6 Å². The molecule has 35 heavy (non-hydrogen) atoms. The molecule has 0 unspecified atom stereocenters. The van der Waals surface area contributed by atoms with E-state index >= 15 is 0 Å². The van der Waals surface area contributed by atoms with Crippen molar-refractivity contribution >= 4 is 17.8 Å². The molecule has 3 aliphatic carbocycles. The van der Waals surface area contributed by atoms with Crippen LogP contribution in [0.4, 0.5) is 0 Å². The van der Waals surface area contributed by atoms with Crippen molar-refractivity contribution in [2.24, 2.45) is 5.92 Å². The van der Waals surface area contributed by atoms with Gasteiger partial charge in [-0.1, -0.05) is 36.4 Å². The van der Waals surface area contributed by atoms with E-state index in [-0.39, 0.29) is 17.6 Å². The number of hydrogen-bond donors (Lipinski definition) is 1. The van der Waals surface area contributed by atoms with Crippen molar-refractivity contribution in [3.8, 4) is 11.5 Å². The van der Waals surface area contributed by atoms with E-state index in [0.29, 0.717) is 30.9 Å². The number of hydrogen-bond acceptors (Lipinski definition) is 6. The zero-order chi connectivity index (χ0) is 23.8. The molecule has 3 fully saturated rings. The fourth-order valence-corrected chi connectivity index (χ4v) is 7.38. The minimum Gasteiger partial charge on any atom is -0.504 e. The predicted octanol–water partition coefficient (Wildman–Crippen LogP) is 3.79. The highest BCUT2D eigenvalue weighted by Gasteiger charge is 2.75. The van der Waals surface area contributed by atoms with Crippen LogP contribution in [0.25, 0.3) is 6.08 Å². The number of Topliss-reactive ketones (excluding diaryl/α,β-unsaturated/α-hetero) is 1. The number of ketones is 1. The maximum atomic E-state index is 13.4. The molecule has 180 valence electrons. The minimum absolute atomic E-state index is 0.0203. The Morgan fingerprint density at radius 2 is 2.00 bits per heavy atom. The summed E-state index contributed by atoms with van der Waals surface area (Å²) >= 11 is 0. The van der Waals surface area contributed by atoms with Crippen LogP contribution in [0, 0.1) is 5.92 Å². The number of nitrogens with zero attached hydrogens (tertiary/aromatic N) is 1. The van der Waals surface area contributed by atoms with Gasteiger partial charge in [0.05, 0.1) is 11.5 Å². The second-order valence-electron chi connectivity index (χ2n) is 10.8. The lowest BCUT2D eigenvalue weighted by Gasteiger charge is -2.63. The number of ether oxygens (including phenoxy) is 2. The molecule has 1 N–H and O–H groups in total. The SMILES string of the molecule is O=C(/C=C/c1ccccc1)O[C@@]12CCC(=O)[C@@H]3Oc4c(O)ccc5c4[C@@]31CCN(CC1CC1)[C@@H]2C5. The second kappa shape index (κ2) is 7.44. The Kier molecular flexibility index (Phi) is 4.50. The summed E-state index contributed by atoms with van der Waals surface area (Å²) in [6.45, 7) is 1.83. The summed E-state index contributed by atoms with van der Waals surface area (Å²) in [5, 5.41) is 10.7. The van der Waals surface area contributed by atoms with Crippen molar-refractivity contribution in [1.82, 2.24) is 4.90 Å². The largest absolute Gasteiger partial charge is 0.504 e. The molecule has 1 saturated heterocycles. The van der Waals surface area contributed by atoms with Crippen LogP contribution < -0.4 is 4.74 Å². The molecule has 7 rings (SSSR count). The number of benzene rings is 2. The van der Waals surface area contributed by atoms with Crippen LogP contribution in [0.15, 0.2) is 48.5 Å². The molecule has 0 aromatic heterocycles. The average Bonchev–Trinajstić information content (AvgIpc) is 3.60. The molecule has 0 radical (unpaired) electrons. The lowest BCUT2D eigenvalue weighted by Crippen LogP contribution is -2.77.